The van der Waals surface area contributed by atoms with Crippen molar-refractivity contribution in [1.29, 1.82) is 0 Å². The van der Waals surface area contributed by atoms with E-state index in [1.807, 2.05) is 16.8 Å². The van der Waals surface area contributed by atoms with E-state index in [0.29, 0.717) is 12.0 Å². The van der Waals surface area contributed by atoms with Gasteiger partial charge < -0.3 is 15.4 Å². The number of ether oxygens (including phenoxy) is 1. The van der Waals surface area contributed by atoms with E-state index < -0.39 is 0 Å². The van der Waals surface area contributed by atoms with Gasteiger partial charge in [-0.25, -0.2) is 9.78 Å². The van der Waals surface area contributed by atoms with Gasteiger partial charge in [0.05, 0.1) is 19.0 Å². The second kappa shape index (κ2) is 6.69. The maximum atomic E-state index is 11.5. The van der Waals surface area contributed by atoms with Gasteiger partial charge in [0.2, 0.25) is 0 Å². The van der Waals surface area contributed by atoms with E-state index in [4.69, 9.17) is 9.72 Å². The smallest absolute Gasteiger partial charge is 0.407 e. The summed E-state index contributed by atoms with van der Waals surface area (Å²) >= 11 is 0. The van der Waals surface area contributed by atoms with Gasteiger partial charge in [0, 0.05) is 30.1 Å². The van der Waals surface area contributed by atoms with Crippen LogP contribution in [-0.2, 0) is 4.74 Å². The summed E-state index contributed by atoms with van der Waals surface area (Å²) in [5.74, 6) is 3.28. The fourth-order valence-corrected chi connectivity index (χ4v) is 4.66. The van der Waals surface area contributed by atoms with Crippen molar-refractivity contribution in [3.8, 4) is 0 Å². The second-order valence-electron chi connectivity index (χ2n) is 8.36. The Kier molecular flexibility index (Phi) is 4.17. The quantitative estimate of drug-likeness (QED) is 0.816. The van der Waals surface area contributed by atoms with Crippen LogP contribution in [0.3, 0.4) is 0 Å². The fourth-order valence-electron chi connectivity index (χ4n) is 4.66. The third-order valence-corrected chi connectivity index (χ3v) is 6.27. The first kappa shape index (κ1) is 16.8. The maximum absolute atomic E-state index is 11.5. The van der Waals surface area contributed by atoms with E-state index in [1.54, 1.807) is 0 Å². The van der Waals surface area contributed by atoms with Gasteiger partial charge in [-0.2, -0.15) is 9.61 Å². The number of nitrogens with one attached hydrogen (secondary N) is 2. The zero-order chi connectivity index (χ0) is 18.4. The van der Waals surface area contributed by atoms with Crippen molar-refractivity contribution in [3.05, 3.63) is 24.0 Å². The first-order chi connectivity index (χ1) is 13.2. The van der Waals surface area contributed by atoms with E-state index in [-0.39, 0.29) is 12.1 Å². The fraction of sp³-hybridized carbons (Fsp3) is 0.650. The minimum absolute atomic E-state index is 0.162. The van der Waals surface area contributed by atoms with Crippen LogP contribution in [0, 0.1) is 11.8 Å². The molecule has 7 heteroatoms. The number of fused-ring (bicyclic) bond motifs is 1. The van der Waals surface area contributed by atoms with E-state index >= 15 is 0 Å². The topological polar surface area (TPSA) is 80.5 Å². The molecule has 5 rings (SSSR count). The zero-order valence-corrected chi connectivity index (χ0v) is 15.7. The Morgan fingerprint density at radius 3 is 2.63 bits per heavy atom. The summed E-state index contributed by atoms with van der Waals surface area (Å²) in [6.45, 7) is 0. The van der Waals surface area contributed by atoms with Crippen LogP contribution in [-0.4, -0.2) is 39.9 Å². The molecule has 27 heavy (non-hydrogen) atoms. The van der Waals surface area contributed by atoms with Gasteiger partial charge >= 0.3 is 6.09 Å². The number of aromatic nitrogens is 3. The molecule has 3 aliphatic rings. The van der Waals surface area contributed by atoms with Crippen molar-refractivity contribution >= 4 is 17.6 Å². The summed E-state index contributed by atoms with van der Waals surface area (Å²) < 4.78 is 6.62. The van der Waals surface area contributed by atoms with Gasteiger partial charge in [0.1, 0.15) is 5.82 Å². The molecule has 0 bridgehead atoms. The molecule has 0 unspecified atom stereocenters. The molecule has 0 aromatic carbocycles. The lowest BCUT2D eigenvalue weighted by Gasteiger charge is -2.20. The lowest BCUT2D eigenvalue weighted by Crippen LogP contribution is -2.33. The van der Waals surface area contributed by atoms with Crippen LogP contribution < -0.4 is 10.6 Å². The van der Waals surface area contributed by atoms with Crippen LogP contribution in [0.5, 0.6) is 0 Å². The predicted octanol–water partition coefficient (Wildman–Crippen LogP) is 3.32. The number of alkyl carbamates (subject to hydrolysis) is 1. The highest BCUT2D eigenvalue weighted by Crippen LogP contribution is 2.54. The molecule has 0 saturated heterocycles. The number of hydrogen-bond donors (Lipinski definition) is 2. The number of methoxy groups -OCH3 is 1. The van der Waals surface area contributed by atoms with E-state index in [9.17, 15) is 4.79 Å². The number of anilines is 1. The van der Waals surface area contributed by atoms with Gasteiger partial charge in [0.25, 0.3) is 0 Å². The molecule has 2 heterocycles. The lowest BCUT2D eigenvalue weighted by atomic mass is 9.93. The van der Waals surface area contributed by atoms with Gasteiger partial charge in [0.15, 0.2) is 5.65 Å². The summed E-state index contributed by atoms with van der Waals surface area (Å²) in [6.07, 6.45) is 9.72. The molecule has 2 atom stereocenters. The maximum Gasteiger partial charge on any atom is 0.407 e. The molecule has 2 aromatic heterocycles. The number of carbonyl (C=O) groups excluding carboxylic acids is 1. The van der Waals surface area contributed by atoms with Crippen molar-refractivity contribution in [2.24, 2.45) is 11.8 Å². The first-order valence-electron chi connectivity index (χ1n) is 10.2. The molecular weight excluding hydrogens is 342 g/mol. The molecular formula is C20H27N5O2. The van der Waals surface area contributed by atoms with E-state index in [1.165, 1.54) is 38.5 Å². The summed E-state index contributed by atoms with van der Waals surface area (Å²) in [5.41, 5.74) is 2.15. The Labute approximate surface area is 158 Å². The summed E-state index contributed by atoms with van der Waals surface area (Å²) in [7, 11) is 1.41. The molecule has 144 valence electrons. The van der Waals surface area contributed by atoms with Crippen LogP contribution in [0.4, 0.5) is 10.6 Å². The lowest BCUT2D eigenvalue weighted by molar-refractivity contribution is 0.166. The normalized spacial score (nSPS) is 25.1. The van der Waals surface area contributed by atoms with Crippen LogP contribution >= 0.6 is 0 Å². The third kappa shape index (κ3) is 3.47. The van der Waals surface area contributed by atoms with Crippen molar-refractivity contribution < 1.29 is 9.53 Å². The third-order valence-electron chi connectivity index (χ3n) is 6.27. The summed E-state index contributed by atoms with van der Waals surface area (Å²) in [4.78, 5) is 16.4. The van der Waals surface area contributed by atoms with Gasteiger partial charge in [-0.1, -0.05) is 0 Å². The number of rotatable bonds is 6. The molecule has 3 fully saturated rings. The van der Waals surface area contributed by atoms with Crippen molar-refractivity contribution in [1.82, 2.24) is 19.9 Å². The van der Waals surface area contributed by atoms with Crippen molar-refractivity contribution in [3.63, 3.8) is 0 Å². The van der Waals surface area contributed by atoms with Crippen molar-refractivity contribution in [2.45, 2.75) is 62.9 Å². The number of hydrogen-bond acceptors (Lipinski definition) is 5. The SMILES string of the molecule is COC(=O)N[C@H]1CC[C@H](Nc2cc(C(C3CC3)C3CC3)nc3ccnn23)C1. The zero-order valence-electron chi connectivity index (χ0n) is 15.7. The van der Waals surface area contributed by atoms with Gasteiger partial charge in [-0.3, -0.25) is 0 Å². The Hall–Kier alpha value is -2.31. The summed E-state index contributed by atoms with van der Waals surface area (Å²) in [5, 5.41) is 11.1. The number of carbonyl (C=O) groups is 1. The van der Waals surface area contributed by atoms with E-state index in [0.717, 1.165) is 42.6 Å². The first-order valence-corrected chi connectivity index (χ1v) is 10.2. The average Bonchev–Trinajstić information content (AvgIpc) is 3.58. The Bertz CT molecular complexity index is 830. The largest absolute Gasteiger partial charge is 0.453 e. The van der Waals surface area contributed by atoms with Gasteiger partial charge in [-0.05, 0) is 56.8 Å². The minimum atomic E-state index is -0.349. The highest BCUT2D eigenvalue weighted by Gasteiger charge is 2.43. The van der Waals surface area contributed by atoms with Crippen molar-refractivity contribution in [2.75, 3.05) is 12.4 Å². The van der Waals surface area contributed by atoms with Crippen LogP contribution in [0.2, 0.25) is 0 Å². The Morgan fingerprint density at radius 1 is 1.19 bits per heavy atom. The molecule has 2 aromatic rings. The van der Waals surface area contributed by atoms with Crippen LogP contribution in [0.1, 0.15) is 56.6 Å². The molecule has 7 nitrogen and oxygen atoms in total. The minimum Gasteiger partial charge on any atom is -0.453 e. The second-order valence-corrected chi connectivity index (χ2v) is 8.36. The molecule has 1 amide bonds. The standard InChI is InChI=1S/C20H27N5O2/c1-27-20(26)23-15-7-6-14(10-15)22-18-11-16(24-17-8-9-21-25(17)18)19(12-2-3-12)13-4-5-13/h8-9,11-15,19,22H,2-7,10H2,1H3,(H,23,26)/t14-,15-/m0/s1. The molecule has 2 N–H and O–H groups in total. The van der Waals surface area contributed by atoms with E-state index in [2.05, 4.69) is 21.8 Å². The highest BCUT2D eigenvalue weighted by atomic mass is 16.5. The monoisotopic (exact) mass is 369 g/mol. The molecule has 0 spiro atoms. The Morgan fingerprint density at radius 2 is 1.93 bits per heavy atom. The van der Waals surface area contributed by atoms with Crippen LogP contribution in [0.25, 0.3) is 5.65 Å². The van der Waals surface area contributed by atoms with Crippen LogP contribution in [0.15, 0.2) is 18.3 Å². The molecule has 0 aliphatic heterocycles. The highest BCUT2D eigenvalue weighted by molar-refractivity contribution is 5.67. The average molecular weight is 369 g/mol. The molecule has 0 radical (unpaired) electrons. The predicted molar refractivity (Wildman–Crippen MR) is 102 cm³/mol. The molecule has 3 saturated carbocycles. The van der Waals surface area contributed by atoms with Gasteiger partial charge in [-0.15, -0.1) is 0 Å². The Balaban J connectivity index is 1.36. The summed E-state index contributed by atoms with van der Waals surface area (Å²) in [6, 6.07) is 4.69. The number of nitrogens with zero attached hydrogens (tertiary/aromatic N) is 3. The molecule has 3 aliphatic carbocycles. The number of amides is 1.